The second-order valence-corrected chi connectivity index (χ2v) is 5.00. The largest absolute Gasteiger partial charge is 0.333 e. The maximum Gasteiger partial charge on any atom is 0.132 e. The molecule has 2 aromatic heterocycles. The van der Waals surface area contributed by atoms with Gasteiger partial charge in [0.05, 0.1) is 11.4 Å². The van der Waals surface area contributed by atoms with Gasteiger partial charge in [0.25, 0.3) is 0 Å². The van der Waals surface area contributed by atoms with Crippen LogP contribution in [0.15, 0.2) is 18.5 Å². The summed E-state index contributed by atoms with van der Waals surface area (Å²) in [5.41, 5.74) is 2.24. The lowest BCUT2D eigenvalue weighted by Crippen LogP contribution is -2.27. The monoisotopic (exact) mass is 275 g/mol. The van der Waals surface area contributed by atoms with E-state index in [-0.39, 0.29) is 6.04 Å². The molecule has 110 valence electrons. The van der Waals surface area contributed by atoms with Gasteiger partial charge in [0.2, 0.25) is 0 Å². The summed E-state index contributed by atoms with van der Waals surface area (Å²) in [7, 11) is 0. The van der Waals surface area contributed by atoms with Crippen LogP contribution in [-0.4, -0.2) is 25.9 Å². The fourth-order valence-electron chi connectivity index (χ4n) is 2.59. The van der Waals surface area contributed by atoms with Gasteiger partial charge in [-0.3, -0.25) is 4.68 Å². The predicted molar refractivity (Wildman–Crippen MR) is 80.7 cm³/mol. The molecular formula is C15H25N5. The number of aromatic nitrogens is 4. The number of nitrogens with zero attached hydrogens (tertiary/aromatic N) is 4. The van der Waals surface area contributed by atoms with Crippen LogP contribution in [0.3, 0.4) is 0 Å². The average molecular weight is 275 g/mol. The standard InChI is InChI=1S/C15H25N5/c1-5-9-19-10-8-17-15(19)14(16-6-2)13-11-12(4)18-20(13)7-3/h8,10-11,14,16H,5-7,9H2,1-4H3. The Labute approximate surface area is 121 Å². The van der Waals surface area contributed by atoms with Gasteiger partial charge in [-0.15, -0.1) is 0 Å². The first-order valence-electron chi connectivity index (χ1n) is 7.49. The average Bonchev–Trinajstić information content (AvgIpc) is 3.03. The van der Waals surface area contributed by atoms with Crippen LogP contribution in [0.1, 0.15) is 50.4 Å². The Bertz CT molecular complexity index is 540. The summed E-state index contributed by atoms with van der Waals surface area (Å²) >= 11 is 0. The second kappa shape index (κ2) is 6.70. The fourth-order valence-corrected chi connectivity index (χ4v) is 2.59. The van der Waals surface area contributed by atoms with Gasteiger partial charge in [0.15, 0.2) is 0 Å². The summed E-state index contributed by atoms with van der Waals surface area (Å²) in [6, 6.07) is 2.25. The number of hydrogen-bond donors (Lipinski definition) is 1. The molecule has 0 aliphatic carbocycles. The third-order valence-corrected chi connectivity index (χ3v) is 3.41. The summed E-state index contributed by atoms with van der Waals surface area (Å²) < 4.78 is 4.29. The molecule has 0 saturated heterocycles. The molecule has 0 fully saturated rings. The van der Waals surface area contributed by atoms with Gasteiger partial charge in [0, 0.05) is 25.5 Å². The predicted octanol–water partition coefficient (Wildman–Crippen LogP) is 2.52. The zero-order chi connectivity index (χ0) is 14.5. The first-order valence-corrected chi connectivity index (χ1v) is 7.49. The van der Waals surface area contributed by atoms with E-state index in [1.807, 2.05) is 13.1 Å². The second-order valence-electron chi connectivity index (χ2n) is 5.00. The van der Waals surface area contributed by atoms with E-state index in [2.05, 4.69) is 57.7 Å². The summed E-state index contributed by atoms with van der Waals surface area (Å²) in [6.45, 7) is 11.2. The molecule has 0 amide bonds. The third-order valence-electron chi connectivity index (χ3n) is 3.41. The normalized spacial score (nSPS) is 12.8. The molecule has 5 nitrogen and oxygen atoms in total. The van der Waals surface area contributed by atoms with Crippen molar-refractivity contribution in [3.63, 3.8) is 0 Å². The number of nitrogens with one attached hydrogen (secondary N) is 1. The minimum absolute atomic E-state index is 0.0997. The van der Waals surface area contributed by atoms with E-state index in [4.69, 9.17) is 0 Å². The zero-order valence-electron chi connectivity index (χ0n) is 12.9. The van der Waals surface area contributed by atoms with Crippen molar-refractivity contribution in [1.29, 1.82) is 0 Å². The summed E-state index contributed by atoms with van der Waals surface area (Å²) in [4.78, 5) is 4.57. The topological polar surface area (TPSA) is 47.7 Å². The molecule has 2 heterocycles. The molecule has 0 spiro atoms. The van der Waals surface area contributed by atoms with Crippen LogP contribution in [0.4, 0.5) is 0 Å². The van der Waals surface area contributed by atoms with E-state index in [1.165, 1.54) is 5.69 Å². The Morgan fingerprint density at radius 2 is 2.10 bits per heavy atom. The van der Waals surface area contributed by atoms with Crippen LogP contribution < -0.4 is 5.32 Å². The van der Waals surface area contributed by atoms with Crippen LogP contribution in [0.2, 0.25) is 0 Å². The highest BCUT2D eigenvalue weighted by Gasteiger charge is 2.22. The van der Waals surface area contributed by atoms with Crippen molar-refractivity contribution >= 4 is 0 Å². The lowest BCUT2D eigenvalue weighted by atomic mass is 10.1. The van der Waals surface area contributed by atoms with Crippen LogP contribution in [0.25, 0.3) is 0 Å². The molecule has 20 heavy (non-hydrogen) atoms. The Balaban J connectivity index is 2.41. The summed E-state index contributed by atoms with van der Waals surface area (Å²) in [5, 5.41) is 8.10. The first-order chi connectivity index (χ1) is 9.71. The van der Waals surface area contributed by atoms with Crippen molar-refractivity contribution in [2.75, 3.05) is 6.54 Å². The Morgan fingerprint density at radius 1 is 1.30 bits per heavy atom. The van der Waals surface area contributed by atoms with Crippen molar-refractivity contribution < 1.29 is 0 Å². The highest BCUT2D eigenvalue weighted by atomic mass is 15.3. The smallest absolute Gasteiger partial charge is 0.132 e. The molecule has 5 heteroatoms. The molecule has 2 rings (SSSR count). The van der Waals surface area contributed by atoms with Crippen molar-refractivity contribution in [3.05, 3.63) is 35.7 Å². The van der Waals surface area contributed by atoms with Gasteiger partial charge in [-0.1, -0.05) is 13.8 Å². The van der Waals surface area contributed by atoms with Crippen molar-refractivity contribution in [3.8, 4) is 0 Å². The van der Waals surface area contributed by atoms with Gasteiger partial charge in [-0.25, -0.2) is 4.98 Å². The molecule has 0 aliphatic heterocycles. The van der Waals surface area contributed by atoms with Gasteiger partial charge >= 0.3 is 0 Å². The van der Waals surface area contributed by atoms with E-state index >= 15 is 0 Å². The molecule has 2 aromatic rings. The van der Waals surface area contributed by atoms with E-state index < -0.39 is 0 Å². The van der Waals surface area contributed by atoms with E-state index in [0.29, 0.717) is 0 Å². The van der Waals surface area contributed by atoms with Crippen LogP contribution in [-0.2, 0) is 13.1 Å². The first kappa shape index (κ1) is 14.8. The maximum absolute atomic E-state index is 4.57. The van der Waals surface area contributed by atoms with E-state index in [0.717, 1.165) is 37.6 Å². The molecule has 0 bridgehead atoms. The molecular weight excluding hydrogens is 250 g/mol. The molecule has 0 aliphatic rings. The minimum atomic E-state index is 0.0997. The van der Waals surface area contributed by atoms with Crippen LogP contribution >= 0.6 is 0 Å². The fraction of sp³-hybridized carbons (Fsp3) is 0.600. The van der Waals surface area contributed by atoms with Crippen molar-refractivity contribution in [1.82, 2.24) is 24.6 Å². The van der Waals surface area contributed by atoms with Gasteiger partial charge in [-0.05, 0) is 32.9 Å². The minimum Gasteiger partial charge on any atom is -0.333 e. The number of imidazole rings is 1. The molecule has 1 N–H and O–H groups in total. The van der Waals surface area contributed by atoms with Gasteiger partial charge in [0.1, 0.15) is 11.9 Å². The SMILES string of the molecule is CCCn1ccnc1C(NCC)c1cc(C)nn1CC. The number of rotatable bonds is 7. The molecule has 0 aromatic carbocycles. The Morgan fingerprint density at radius 3 is 2.75 bits per heavy atom. The van der Waals surface area contributed by atoms with Gasteiger partial charge < -0.3 is 9.88 Å². The lowest BCUT2D eigenvalue weighted by Gasteiger charge is -2.20. The molecule has 0 radical (unpaired) electrons. The van der Waals surface area contributed by atoms with Gasteiger partial charge in [-0.2, -0.15) is 5.10 Å². The zero-order valence-corrected chi connectivity index (χ0v) is 12.9. The summed E-state index contributed by atoms with van der Waals surface area (Å²) in [5.74, 6) is 1.07. The number of hydrogen-bond acceptors (Lipinski definition) is 3. The van der Waals surface area contributed by atoms with Crippen LogP contribution in [0.5, 0.6) is 0 Å². The maximum atomic E-state index is 4.57. The Kier molecular flexibility index (Phi) is 4.95. The highest BCUT2D eigenvalue weighted by molar-refractivity contribution is 5.21. The summed E-state index contributed by atoms with van der Waals surface area (Å²) in [6.07, 6.45) is 5.05. The van der Waals surface area contributed by atoms with Crippen molar-refractivity contribution in [2.45, 2.75) is 53.2 Å². The van der Waals surface area contributed by atoms with Crippen LogP contribution in [0, 0.1) is 6.92 Å². The quantitative estimate of drug-likeness (QED) is 0.844. The molecule has 1 unspecified atom stereocenters. The Hall–Kier alpha value is -1.62. The molecule has 1 atom stereocenters. The number of aryl methyl sites for hydroxylation is 3. The highest BCUT2D eigenvalue weighted by Crippen LogP contribution is 2.22. The van der Waals surface area contributed by atoms with Crippen molar-refractivity contribution in [2.24, 2.45) is 0 Å². The molecule has 0 saturated carbocycles. The van der Waals surface area contributed by atoms with E-state index in [9.17, 15) is 0 Å². The lowest BCUT2D eigenvalue weighted by molar-refractivity contribution is 0.498. The third kappa shape index (κ3) is 2.93. The van der Waals surface area contributed by atoms with E-state index in [1.54, 1.807) is 0 Å².